The molecular weight excluding hydrogens is 292 g/mol. The quantitative estimate of drug-likeness (QED) is 0.872. The highest BCUT2D eigenvalue weighted by Crippen LogP contribution is 2.23. The highest BCUT2D eigenvalue weighted by atomic mass is 35.5. The molecule has 1 amide bonds. The van der Waals surface area contributed by atoms with E-state index in [1.807, 2.05) is 0 Å². The highest BCUT2D eigenvalue weighted by Gasteiger charge is 2.33. The van der Waals surface area contributed by atoms with E-state index in [4.69, 9.17) is 27.9 Å². The third-order valence-corrected chi connectivity index (χ3v) is 4.07. The van der Waals surface area contributed by atoms with Crippen LogP contribution < -0.4 is 5.32 Å². The molecule has 0 atom stereocenters. The molecule has 1 heterocycles. The molecule has 0 unspecified atom stereocenters. The fourth-order valence-corrected chi connectivity index (χ4v) is 2.52. The van der Waals surface area contributed by atoms with Gasteiger partial charge in [0.1, 0.15) is 5.82 Å². The Bertz CT molecular complexity index is 476. The van der Waals surface area contributed by atoms with Crippen LogP contribution in [-0.4, -0.2) is 30.5 Å². The normalized spacial score (nSPS) is 18.1. The van der Waals surface area contributed by atoms with E-state index in [2.05, 4.69) is 5.32 Å². The van der Waals surface area contributed by atoms with Gasteiger partial charge >= 0.3 is 0 Å². The molecule has 1 fully saturated rings. The fraction of sp³-hybridized carbons (Fsp3) is 0.462. The first kappa shape index (κ1) is 14.6. The van der Waals surface area contributed by atoms with Gasteiger partial charge in [0.15, 0.2) is 0 Å². The van der Waals surface area contributed by atoms with Crippen LogP contribution in [0.3, 0.4) is 0 Å². The lowest BCUT2D eigenvalue weighted by atomic mass is 9.92. The first-order valence-corrected chi connectivity index (χ1v) is 6.89. The summed E-state index contributed by atoms with van der Waals surface area (Å²) in [6, 6.07) is 3.89. The Hall–Kier alpha value is -0.840. The van der Waals surface area contributed by atoms with E-state index in [9.17, 15) is 9.18 Å². The second-order valence-corrected chi connectivity index (χ2v) is 5.28. The van der Waals surface area contributed by atoms with Crippen molar-refractivity contribution < 1.29 is 13.9 Å². The standard InChI is InChI=1S/C13H14Cl2FNO2/c14-8-13(3-5-19-6-4-13)17-12(18)9-1-2-11(16)10(15)7-9/h1-2,7H,3-6,8H2,(H,17,18). The van der Waals surface area contributed by atoms with E-state index in [0.717, 1.165) is 0 Å². The van der Waals surface area contributed by atoms with Crippen molar-refractivity contribution in [1.82, 2.24) is 5.32 Å². The summed E-state index contributed by atoms with van der Waals surface area (Å²) >= 11 is 11.6. The average molecular weight is 306 g/mol. The van der Waals surface area contributed by atoms with Gasteiger partial charge in [-0.25, -0.2) is 4.39 Å². The molecule has 2 rings (SSSR count). The number of rotatable bonds is 3. The maximum Gasteiger partial charge on any atom is 0.251 e. The number of alkyl halides is 1. The van der Waals surface area contributed by atoms with E-state index in [1.165, 1.54) is 18.2 Å². The van der Waals surface area contributed by atoms with E-state index in [1.54, 1.807) is 0 Å². The number of amides is 1. The minimum absolute atomic E-state index is 0.0699. The molecule has 1 aliphatic heterocycles. The Morgan fingerprint density at radius 3 is 2.68 bits per heavy atom. The molecule has 1 aromatic rings. The number of carbonyl (C=O) groups excluding carboxylic acids is 1. The number of hydrogen-bond acceptors (Lipinski definition) is 2. The number of nitrogens with one attached hydrogen (secondary N) is 1. The Balaban J connectivity index is 2.12. The Labute approximate surface area is 121 Å². The van der Waals surface area contributed by atoms with E-state index in [0.29, 0.717) is 37.5 Å². The number of carbonyl (C=O) groups is 1. The number of benzene rings is 1. The van der Waals surface area contributed by atoms with Gasteiger partial charge in [-0.15, -0.1) is 11.6 Å². The molecule has 6 heteroatoms. The molecule has 0 aromatic heterocycles. The molecule has 19 heavy (non-hydrogen) atoms. The molecule has 0 bridgehead atoms. The highest BCUT2D eigenvalue weighted by molar-refractivity contribution is 6.31. The zero-order valence-electron chi connectivity index (χ0n) is 10.2. The SMILES string of the molecule is O=C(NC1(CCl)CCOCC1)c1ccc(F)c(Cl)c1. The van der Waals surface area contributed by atoms with Crippen LogP contribution in [-0.2, 0) is 4.74 Å². The van der Waals surface area contributed by atoms with Gasteiger partial charge in [0.25, 0.3) is 5.91 Å². The van der Waals surface area contributed by atoms with Crippen molar-refractivity contribution in [3.63, 3.8) is 0 Å². The molecule has 1 N–H and O–H groups in total. The molecule has 0 aliphatic carbocycles. The smallest absolute Gasteiger partial charge is 0.251 e. The minimum Gasteiger partial charge on any atom is -0.381 e. The van der Waals surface area contributed by atoms with Crippen molar-refractivity contribution >= 4 is 29.1 Å². The molecule has 1 aliphatic rings. The summed E-state index contributed by atoms with van der Waals surface area (Å²) in [5, 5.41) is 2.84. The zero-order chi connectivity index (χ0) is 13.9. The van der Waals surface area contributed by atoms with Gasteiger partial charge in [0.2, 0.25) is 0 Å². The van der Waals surface area contributed by atoms with E-state index < -0.39 is 11.4 Å². The molecular formula is C13H14Cl2FNO2. The van der Waals surface area contributed by atoms with Crippen molar-refractivity contribution in [3.8, 4) is 0 Å². The topological polar surface area (TPSA) is 38.3 Å². The summed E-state index contributed by atoms with van der Waals surface area (Å²) < 4.78 is 18.3. The van der Waals surface area contributed by atoms with Crippen LogP contribution in [0, 0.1) is 5.82 Å². The summed E-state index contributed by atoms with van der Waals surface area (Å²) in [7, 11) is 0. The summed E-state index contributed by atoms with van der Waals surface area (Å²) in [4.78, 5) is 12.1. The minimum atomic E-state index is -0.545. The van der Waals surface area contributed by atoms with Crippen LogP contribution >= 0.6 is 23.2 Å². The van der Waals surface area contributed by atoms with Crippen molar-refractivity contribution in [2.24, 2.45) is 0 Å². The summed E-state index contributed by atoms with van der Waals surface area (Å²) in [6.45, 7) is 1.13. The van der Waals surface area contributed by atoms with Gasteiger partial charge < -0.3 is 10.1 Å². The Morgan fingerprint density at radius 1 is 1.42 bits per heavy atom. The predicted octanol–water partition coefficient (Wildman–Crippen LogP) is 3.00. The largest absolute Gasteiger partial charge is 0.381 e. The zero-order valence-corrected chi connectivity index (χ0v) is 11.7. The van der Waals surface area contributed by atoms with Crippen molar-refractivity contribution in [2.75, 3.05) is 19.1 Å². The summed E-state index contributed by atoms with van der Waals surface area (Å²) in [5.74, 6) is -0.530. The van der Waals surface area contributed by atoms with Crippen molar-refractivity contribution in [3.05, 3.63) is 34.6 Å². The lowest BCUT2D eigenvalue weighted by Crippen LogP contribution is -2.53. The van der Waals surface area contributed by atoms with Crippen molar-refractivity contribution in [2.45, 2.75) is 18.4 Å². The monoisotopic (exact) mass is 305 g/mol. The molecule has 0 spiro atoms. The number of hydrogen-bond donors (Lipinski definition) is 1. The van der Waals surface area contributed by atoms with Gasteiger partial charge in [-0.1, -0.05) is 11.6 Å². The van der Waals surface area contributed by atoms with Crippen LogP contribution in [0.25, 0.3) is 0 Å². The van der Waals surface area contributed by atoms with Crippen molar-refractivity contribution in [1.29, 1.82) is 0 Å². The van der Waals surface area contributed by atoms with Gasteiger partial charge in [0.05, 0.1) is 10.6 Å². The predicted molar refractivity (Wildman–Crippen MR) is 72.4 cm³/mol. The third-order valence-electron chi connectivity index (χ3n) is 3.27. The second-order valence-electron chi connectivity index (χ2n) is 4.61. The maximum atomic E-state index is 13.1. The fourth-order valence-electron chi connectivity index (χ4n) is 2.00. The number of halogens is 3. The van der Waals surface area contributed by atoms with Crippen LogP contribution in [0.1, 0.15) is 23.2 Å². The molecule has 0 saturated carbocycles. The Kier molecular flexibility index (Phi) is 4.66. The van der Waals surface area contributed by atoms with E-state index in [-0.39, 0.29) is 10.9 Å². The molecule has 104 valence electrons. The second kappa shape index (κ2) is 6.07. The van der Waals surface area contributed by atoms with E-state index >= 15 is 0 Å². The van der Waals surface area contributed by atoms with Gasteiger partial charge in [-0.05, 0) is 31.0 Å². The van der Waals surface area contributed by atoms with Gasteiger partial charge in [0, 0.05) is 24.7 Å². The molecule has 1 saturated heterocycles. The lowest BCUT2D eigenvalue weighted by Gasteiger charge is -2.36. The van der Waals surface area contributed by atoms with Crippen LogP contribution in [0.4, 0.5) is 4.39 Å². The number of ether oxygens (including phenoxy) is 1. The molecule has 1 aromatic carbocycles. The maximum absolute atomic E-state index is 13.1. The van der Waals surface area contributed by atoms with Crippen LogP contribution in [0.5, 0.6) is 0 Å². The van der Waals surface area contributed by atoms with Crippen LogP contribution in [0.15, 0.2) is 18.2 Å². The molecule has 0 radical (unpaired) electrons. The van der Waals surface area contributed by atoms with Gasteiger partial charge in [-0.3, -0.25) is 4.79 Å². The average Bonchev–Trinajstić information content (AvgIpc) is 2.43. The summed E-state index contributed by atoms with van der Waals surface area (Å²) in [5.41, 5.74) is -0.139. The van der Waals surface area contributed by atoms with Gasteiger partial charge in [-0.2, -0.15) is 0 Å². The first-order valence-electron chi connectivity index (χ1n) is 5.98. The molecule has 3 nitrogen and oxygen atoms in total. The van der Waals surface area contributed by atoms with Crippen LogP contribution in [0.2, 0.25) is 5.02 Å². The third kappa shape index (κ3) is 3.38. The summed E-state index contributed by atoms with van der Waals surface area (Å²) in [6.07, 6.45) is 1.33. The first-order chi connectivity index (χ1) is 9.06. The lowest BCUT2D eigenvalue weighted by molar-refractivity contribution is 0.0434. The Morgan fingerprint density at radius 2 is 2.11 bits per heavy atom.